The number of carbonyl (C=O) groups excluding carboxylic acids is 1. The standard InChI is InChI=1S/C20H20F2N6O4/c1-9-4-5-12(6-13(9)21)16-25-18(32-27-16)10(2)24-19-23-7-14(22)17(26-19)28-15(11(3)29)8-31-20(28)30/h4-7,10-11,15,29H,8H2,1-3H3,(H,23,24,26)/t10-,11+,15+/m0/s1. The quantitative estimate of drug-likeness (QED) is 0.587. The number of aliphatic hydroxyl groups is 1. The van der Waals surface area contributed by atoms with Crippen molar-refractivity contribution in [2.45, 2.75) is 39.0 Å². The van der Waals surface area contributed by atoms with E-state index in [1.54, 1.807) is 26.0 Å². The molecule has 1 saturated heterocycles. The van der Waals surface area contributed by atoms with Gasteiger partial charge < -0.3 is 19.7 Å². The number of halogens is 2. The third-order valence-corrected chi connectivity index (χ3v) is 5.00. The highest BCUT2D eigenvalue weighted by Gasteiger charge is 2.39. The lowest BCUT2D eigenvalue weighted by Gasteiger charge is -2.23. The lowest BCUT2D eigenvalue weighted by atomic mass is 10.1. The van der Waals surface area contributed by atoms with Gasteiger partial charge >= 0.3 is 6.09 Å². The third-order valence-electron chi connectivity index (χ3n) is 5.00. The lowest BCUT2D eigenvalue weighted by Crippen LogP contribution is -2.42. The molecule has 0 bridgehead atoms. The Morgan fingerprint density at radius 1 is 1.25 bits per heavy atom. The molecule has 10 nitrogen and oxygen atoms in total. The van der Waals surface area contributed by atoms with Crippen molar-refractivity contribution in [1.82, 2.24) is 20.1 Å². The minimum atomic E-state index is -0.963. The van der Waals surface area contributed by atoms with Gasteiger partial charge in [0.1, 0.15) is 24.5 Å². The first-order valence-electron chi connectivity index (χ1n) is 9.78. The van der Waals surface area contributed by atoms with Crippen LogP contribution in [0.4, 0.5) is 25.3 Å². The Morgan fingerprint density at radius 2 is 2.03 bits per heavy atom. The van der Waals surface area contributed by atoms with E-state index in [9.17, 15) is 18.7 Å². The number of anilines is 2. The summed E-state index contributed by atoms with van der Waals surface area (Å²) in [7, 11) is 0. The van der Waals surface area contributed by atoms with Crippen LogP contribution >= 0.6 is 0 Å². The van der Waals surface area contributed by atoms with Crippen LogP contribution in [0.3, 0.4) is 0 Å². The summed E-state index contributed by atoms with van der Waals surface area (Å²) in [5, 5.41) is 16.6. The summed E-state index contributed by atoms with van der Waals surface area (Å²) in [5.74, 6) is -1.22. The first-order valence-corrected chi connectivity index (χ1v) is 9.78. The van der Waals surface area contributed by atoms with E-state index < -0.39 is 30.1 Å². The fourth-order valence-corrected chi connectivity index (χ4v) is 3.15. The Morgan fingerprint density at radius 3 is 2.75 bits per heavy atom. The Hall–Kier alpha value is -3.67. The number of nitrogens with zero attached hydrogens (tertiary/aromatic N) is 5. The van der Waals surface area contributed by atoms with Crippen LogP contribution < -0.4 is 10.2 Å². The van der Waals surface area contributed by atoms with Gasteiger partial charge in [0.15, 0.2) is 11.6 Å². The van der Waals surface area contributed by atoms with Gasteiger partial charge in [0.05, 0.1) is 12.3 Å². The highest BCUT2D eigenvalue weighted by molar-refractivity contribution is 5.89. The van der Waals surface area contributed by atoms with Gasteiger partial charge in [-0.3, -0.25) is 0 Å². The minimum Gasteiger partial charge on any atom is -0.447 e. The summed E-state index contributed by atoms with van der Waals surface area (Å²) in [4.78, 5) is 25.2. The molecule has 1 aliphatic heterocycles. The maximum absolute atomic E-state index is 14.4. The van der Waals surface area contributed by atoms with Crippen molar-refractivity contribution in [2.75, 3.05) is 16.8 Å². The van der Waals surface area contributed by atoms with E-state index in [-0.39, 0.29) is 35.9 Å². The minimum absolute atomic E-state index is 0.0147. The zero-order chi connectivity index (χ0) is 23.0. The van der Waals surface area contributed by atoms with E-state index in [1.165, 1.54) is 13.0 Å². The summed E-state index contributed by atoms with van der Waals surface area (Å²) in [5.41, 5.74) is 0.948. The van der Waals surface area contributed by atoms with Crippen LogP contribution in [0.2, 0.25) is 0 Å². The summed E-state index contributed by atoms with van der Waals surface area (Å²) in [6.07, 6.45) is -0.884. The second kappa shape index (κ2) is 8.46. The molecule has 3 aromatic rings. The lowest BCUT2D eigenvalue weighted by molar-refractivity contribution is 0.142. The van der Waals surface area contributed by atoms with Crippen molar-refractivity contribution >= 4 is 17.9 Å². The zero-order valence-electron chi connectivity index (χ0n) is 17.4. The molecular weight excluding hydrogens is 426 g/mol. The normalized spacial score (nSPS) is 17.9. The Labute approximate surface area is 181 Å². The molecule has 12 heteroatoms. The van der Waals surface area contributed by atoms with Crippen molar-refractivity contribution in [2.24, 2.45) is 0 Å². The zero-order valence-corrected chi connectivity index (χ0v) is 17.4. The van der Waals surface area contributed by atoms with E-state index in [1.807, 2.05) is 0 Å². The van der Waals surface area contributed by atoms with Crippen LogP contribution in [-0.2, 0) is 4.74 Å². The molecule has 1 fully saturated rings. The van der Waals surface area contributed by atoms with Gasteiger partial charge in [0, 0.05) is 5.56 Å². The second-order valence-electron chi connectivity index (χ2n) is 7.41. The van der Waals surface area contributed by atoms with Gasteiger partial charge in [0.25, 0.3) is 0 Å². The van der Waals surface area contributed by atoms with Crippen molar-refractivity contribution in [3.8, 4) is 11.4 Å². The van der Waals surface area contributed by atoms with Gasteiger partial charge in [0.2, 0.25) is 17.7 Å². The van der Waals surface area contributed by atoms with Gasteiger partial charge in [-0.05, 0) is 32.4 Å². The summed E-state index contributed by atoms with van der Waals surface area (Å²) >= 11 is 0. The average molecular weight is 446 g/mol. The van der Waals surface area contributed by atoms with Crippen molar-refractivity contribution in [3.63, 3.8) is 0 Å². The Balaban J connectivity index is 1.55. The molecule has 0 radical (unpaired) electrons. The summed E-state index contributed by atoms with van der Waals surface area (Å²) in [6.45, 7) is 4.70. The smallest absolute Gasteiger partial charge is 0.416 e. The first-order chi connectivity index (χ1) is 15.2. The molecule has 32 heavy (non-hydrogen) atoms. The van der Waals surface area contributed by atoms with Crippen LogP contribution in [0.25, 0.3) is 11.4 Å². The molecule has 1 aromatic carbocycles. The number of ether oxygens (including phenoxy) is 1. The molecule has 1 amide bonds. The number of carbonyl (C=O) groups is 1. The molecule has 0 saturated carbocycles. The number of hydrogen-bond acceptors (Lipinski definition) is 9. The van der Waals surface area contributed by atoms with Crippen LogP contribution in [0.1, 0.15) is 31.3 Å². The largest absolute Gasteiger partial charge is 0.447 e. The van der Waals surface area contributed by atoms with Crippen LogP contribution in [-0.4, -0.2) is 50.1 Å². The highest BCUT2D eigenvalue weighted by Crippen LogP contribution is 2.27. The van der Waals surface area contributed by atoms with Crippen molar-refractivity contribution in [3.05, 3.63) is 47.5 Å². The van der Waals surface area contributed by atoms with E-state index in [4.69, 9.17) is 9.26 Å². The number of amides is 1. The van der Waals surface area contributed by atoms with E-state index >= 15 is 0 Å². The molecule has 0 unspecified atom stereocenters. The van der Waals surface area contributed by atoms with E-state index in [2.05, 4.69) is 25.4 Å². The number of cyclic esters (lactones) is 1. The number of aromatic nitrogens is 4. The maximum Gasteiger partial charge on any atom is 0.416 e. The molecule has 1 aliphatic rings. The van der Waals surface area contributed by atoms with Gasteiger partial charge in [-0.2, -0.15) is 9.97 Å². The number of rotatable bonds is 6. The van der Waals surface area contributed by atoms with Gasteiger partial charge in [-0.25, -0.2) is 23.5 Å². The van der Waals surface area contributed by atoms with Crippen molar-refractivity contribution < 1.29 is 27.9 Å². The predicted octanol–water partition coefficient (Wildman–Crippen LogP) is 2.99. The van der Waals surface area contributed by atoms with Crippen LogP contribution in [0.5, 0.6) is 0 Å². The molecule has 3 atom stereocenters. The number of aliphatic hydroxyl groups excluding tert-OH is 1. The van der Waals surface area contributed by atoms with E-state index in [0.29, 0.717) is 11.1 Å². The molecule has 2 N–H and O–H groups in total. The second-order valence-corrected chi connectivity index (χ2v) is 7.41. The SMILES string of the molecule is Cc1ccc(-c2noc([C@H](C)Nc3ncc(F)c(N4C(=O)OC[C@@H]4[C@@H](C)O)n3)n2)cc1F. The average Bonchev–Trinajstić information content (AvgIpc) is 3.39. The molecular formula is C20H20F2N6O4. The molecule has 4 rings (SSSR count). The monoisotopic (exact) mass is 446 g/mol. The Kier molecular flexibility index (Phi) is 5.70. The predicted molar refractivity (Wildman–Crippen MR) is 108 cm³/mol. The van der Waals surface area contributed by atoms with E-state index in [0.717, 1.165) is 11.1 Å². The van der Waals surface area contributed by atoms with Gasteiger partial charge in [-0.15, -0.1) is 0 Å². The molecule has 0 spiro atoms. The molecule has 168 valence electrons. The number of nitrogens with one attached hydrogen (secondary N) is 1. The first kappa shape index (κ1) is 21.6. The fourth-order valence-electron chi connectivity index (χ4n) is 3.15. The highest BCUT2D eigenvalue weighted by atomic mass is 19.1. The van der Waals surface area contributed by atoms with Crippen molar-refractivity contribution in [1.29, 1.82) is 0 Å². The number of hydrogen-bond donors (Lipinski definition) is 2. The van der Waals surface area contributed by atoms with Crippen LogP contribution in [0, 0.1) is 18.6 Å². The van der Waals surface area contributed by atoms with Gasteiger partial charge in [-0.1, -0.05) is 17.3 Å². The molecule has 2 aromatic heterocycles. The summed E-state index contributed by atoms with van der Waals surface area (Å²) < 4.78 is 38.4. The Bertz CT molecular complexity index is 1150. The molecule has 0 aliphatic carbocycles. The topological polar surface area (TPSA) is 127 Å². The fraction of sp³-hybridized carbons (Fsp3) is 0.350. The maximum atomic E-state index is 14.4. The number of benzene rings is 1. The number of aryl methyl sites for hydroxylation is 1. The van der Waals surface area contributed by atoms with Crippen LogP contribution in [0.15, 0.2) is 28.9 Å². The summed E-state index contributed by atoms with van der Waals surface area (Å²) in [6, 6.07) is 3.22. The third kappa shape index (κ3) is 4.08. The molecule has 3 heterocycles.